The van der Waals surface area contributed by atoms with Crippen molar-refractivity contribution in [3.8, 4) is 0 Å². The number of amides is 2. The Labute approximate surface area is 102 Å². The van der Waals surface area contributed by atoms with Gasteiger partial charge in [0.1, 0.15) is 0 Å². The number of carbonyl (C=O) groups is 2. The molecule has 1 atom stereocenters. The number of likely N-dealkylation sites (tertiary alicyclic amines) is 1. The molecule has 2 saturated heterocycles. The van der Waals surface area contributed by atoms with E-state index in [4.69, 9.17) is 0 Å². The van der Waals surface area contributed by atoms with E-state index in [1.807, 2.05) is 0 Å². The second kappa shape index (κ2) is 5.49. The van der Waals surface area contributed by atoms with Crippen LogP contribution in [0.15, 0.2) is 0 Å². The molecule has 5 nitrogen and oxygen atoms in total. The number of rotatable bonds is 3. The Morgan fingerprint density at radius 1 is 1.47 bits per heavy atom. The third-order valence-corrected chi connectivity index (χ3v) is 3.64. The van der Waals surface area contributed by atoms with Gasteiger partial charge < -0.3 is 15.5 Å². The Morgan fingerprint density at radius 3 is 2.76 bits per heavy atom. The molecular formula is C12H21N3O2. The summed E-state index contributed by atoms with van der Waals surface area (Å²) in [6.45, 7) is 2.68. The highest BCUT2D eigenvalue weighted by atomic mass is 16.2. The number of carbonyl (C=O) groups excluding carboxylic acids is 2. The average molecular weight is 239 g/mol. The highest BCUT2D eigenvalue weighted by Crippen LogP contribution is 2.16. The van der Waals surface area contributed by atoms with Crippen molar-refractivity contribution in [2.24, 2.45) is 5.92 Å². The number of nitrogens with zero attached hydrogens (tertiary/aromatic N) is 1. The Hall–Kier alpha value is -1.10. The molecule has 1 unspecified atom stereocenters. The van der Waals surface area contributed by atoms with Crippen LogP contribution in [0.25, 0.3) is 0 Å². The van der Waals surface area contributed by atoms with E-state index in [9.17, 15) is 9.59 Å². The van der Waals surface area contributed by atoms with Crippen molar-refractivity contribution >= 4 is 11.8 Å². The molecule has 2 aliphatic heterocycles. The summed E-state index contributed by atoms with van der Waals surface area (Å²) >= 11 is 0. The quantitative estimate of drug-likeness (QED) is 0.712. The number of hydrogen-bond donors (Lipinski definition) is 2. The monoisotopic (exact) mass is 239 g/mol. The molecule has 0 aromatic heterocycles. The Balaban J connectivity index is 1.72. The number of nitrogens with one attached hydrogen (secondary N) is 2. The van der Waals surface area contributed by atoms with Gasteiger partial charge in [-0.05, 0) is 31.8 Å². The first-order chi connectivity index (χ1) is 8.15. The zero-order valence-electron chi connectivity index (χ0n) is 10.4. The average Bonchev–Trinajstić information content (AvgIpc) is 2.59. The fraction of sp³-hybridized carbons (Fsp3) is 0.833. The lowest BCUT2D eigenvalue weighted by molar-refractivity contribution is -0.126. The molecule has 96 valence electrons. The van der Waals surface area contributed by atoms with Crippen molar-refractivity contribution in [2.45, 2.75) is 31.7 Å². The lowest BCUT2D eigenvalue weighted by Gasteiger charge is -2.22. The molecule has 0 radical (unpaired) electrons. The van der Waals surface area contributed by atoms with Gasteiger partial charge in [-0.15, -0.1) is 0 Å². The fourth-order valence-corrected chi connectivity index (χ4v) is 2.59. The molecule has 2 rings (SSSR count). The lowest BCUT2D eigenvalue weighted by Crippen LogP contribution is -2.38. The molecule has 2 heterocycles. The summed E-state index contributed by atoms with van der Waals surface area (Å²) < 4.78 is 0. The third kappa shape index (κ3) is 3.43. The SMILES string of the molecule is CN1CC(NC(=O)CC2CCNCC2)CC1=O. The smallest absolute Gasteiger partial charge is 0.224 e. The normalized spacial score (nSPS) is 26.3. The van der Waals surface area contributed by atoms with Gasteiger partial charge in [-0.2, -0.15) is 0 Å². The number of piperidine rings is 1. The highest BCUT2D eigenvalue weighted by molar-refractivity contribution is 5.82. The molecule has 2 amide bonds. The van der Waals surface area contributed by atoms with E-state index in [0.29, 0.717) is 25.3 Å². The molecule has 0 aliphatic carbocycles. The summed E-state index contributed by atoms with van der Waals surface area (Å²) in [5, 5.41) is 6.25. The van der Waals surface area contributed by atoms with Crippen LogP contribution in [0.4, 0.5) is 0 Å². The van der Waals surface area contributed by atoms with Gasteiger partial charge in [0.2, 0.25) is 11.8 Å². The van der Waals surface area contributed by atoms with Crippen molar-refractivity contribution < 1.29 is 9.59 Å². The molecule has 0 saturated carbocycles. The summed E-state index contributed by atoms with van der Waals surface area (Å²) in [4.78, 5) is 24.8. The molecule has 0 aromatic carbocycles. The minimum absolute atomic E-state index is 0.0155. The van der Waals surface area contributed by atoms with Crippen LogP contribution in [0.3, 0.4) is 0 Å². The minimum Gasteiger partial charge on any atom is -0.351 e. The van der Waals surface area contributed by atoms with Gasteiger partial charge in [0.05, 0.1) is 6.04 Å². The molecule has 17 heavy (non-hydrogen) atoms. The van der Waals surface area contributed by atoms with E-state index < -0.39 is 0 Å². The second-order valence-electron chi connectivity index (χ2n) is 5.14. The van der Waals surface area contributed by atoms with Crippen molar-refractivity contribution in [3.63, 3.8) is 0 Å². The summed E-state index contributed by atoms with van der Waals surface area (Å²) in [6, 6.07) is 0.0155. The fourth-order valence-electron chi connectivity index (χ4n) is 2.59. The van der Waals surface area contributed by atoms with Gasteiger partial charge in [0.25, 0.3) is 0 Å². The maximum atomic E-state index is 11.8. The molecular weight excluding hydrogens is 218 g/mol. The Kier molecular flexibility index (Phi) is 3.99. The van der Waals surface area contributed by atoms with Crippen LogP contribution in [0, 0.1) is 5.92 Å². The van der Waals surface area contributed by atoms with E-state index in [-0.39, 0.29) is 17.9 Å². The van der Waals surface area contributed by atoms with Crippen molar-refractivity contribution in [1.82, 2.24) is 15.5 Å². The first-order valence-electron chi connectivity index (χ1n) is 6.39. The Morgan fingerprint density at radius 2 is 2.18 bits per heavy atom. The summed E-state index contributed by atoms with van der Waals surface area (Å²) in [5.41, 5.74) is 0. The zero-order chi connectivity index (χ0) is 12.3. The minimum atomic E-state index is 0.0155. The molecule has 5 heteroatoms. The summed E-state index contributed by atoms with van der Waals surface area (Å²) in [6.07, 6.45) is 3.22. The third-order valence-electron chi connectivity index (χ3n) is 3.64. The van der Waals surface area contributed by atoms with Gasteiger partial charge in [-0.25, -0.2) is 0 Å². The van der Waals surface area contributed by atoms with Crippen LogP contribution >= 0.6 is 0 Å². The van der Waals surface area contributed by atoms with Crippen LogP contribution in [0.5, 0.6) is 0 Å². The first-order valence-corrected chi connectivity index (χ1v) is 6.39. The van der Waals surface area contributed by atoms with Crippen LogP contribution in [-0.4, -0.2) is 49.4 Å². The van der Waals surface area contributed by atoms with E-state index in [1.54, 1.807) is 11.9 Å². The lowest BCUT2D eigenvalue weighted by atomic mass is 9.94. The van der Waals surface area contributed by atoms with Crippen molar-refractivity contribution in [3.05, 3.63) is 0 Å². The highest BCUT2D eigenvalue weighted by Gasteiger charge is 2.28. The van der Waals surface area contributed by atoms with E-state index in [1.165, 1.54) is 0 Å². The molecule has 2 fully saturated rings. The summed E-state index contributed by atoms with van der Waals surface area (Å²) in [5.74, 6) is 0.730. The first kappa shape index (κ1) is 12.4. The topological polar surface area (TPSA) is 61.4 Å². The van der Waals surface area contributed by atoms with Crippen LogP contribution in [0.1, 0.15) is 25.7 Å². The maximum Gasteiger partial charge on any atom is 0.224 e. The standard InChI is InChI=1S/C12H21N3O2/c1-15-8-10(7-12(15)17)14-11(16)6-9-2-4-13-5-3-9/h9-10,13H,2-8H2,1H3,(H,14,16). The second-order valence-corrected chi connectivity index (χ2v) is 5.14. The van der Waals surface area contributed by atoms with Crippen LogP contribution in [-0.2, 0) is 9.59 Å². The molecule has 0 aromatic rings. The van der Waals surface area contributed by atoms with Crippen LogP contribution < -0.4 is 10.6 Å². The predicted octanol–water partition coefficient (Wildman–Crippen LogP) is -0.277. The summed E-state index contributed by atoms with van der Waals surface area (Å²) in [7, 11) is 1.78. The van der Waals surface area contributed by atoms with Crippen LogP contribution in [0.2, 0.25) is 0 Å². The maximum absolute atomic E-state index is 11.8. The van der Waals surface area contributed by atoms with Crippen molar-refractivity contribution in [2.75, 3.05) is 26.7 Å². The van der Waals surface area contributed by atoms with Crippen molar-refractivity contribution in [1.29, 1.82) is 0 Å². The molecule has 2 aliphatic rings. The van der Waals surface area contributed by atoms with Gasteiger partial charge >= 0.3 is 0 Å². The van der Waals surface area contributed by atoms with E-state index >= 15 is 0 Å². The van der Waals surface area contributed by atoms with E-state index in [0.717, 1.165) is 25.9 Å². The Bertz CT molecular complexity index is 300. The van der Waals surface area contributed by atoms with Gasteiger partial charge in [0, 0.05) is 26.4 Å². The number of hydrogen-bond acceptors (Lipinski definition) is 3. The van der Waals surface area contributed by atoms with Gasteiger partial charge in [0.15, 0.2) is 0 Å². The van der Waals surface area contributed by atoms with Gasteiger partial charge in [-0.1, -0.05) is 0 Å². The largest absolute Gasteiger partial charge is 0.351 e. The van der Waals surface area contributed by atoms with E-state index in [2.05, 4.69) is 10.6 Å². The zero-order valence-corrected chi connectivity index (χ0v) is 10.4. The predicted molar refractivity (Wildman–Crippen MR) is 64.4 cm³/mol. The van der Waals surface area contributed by atoms with Gasteiger partial charge in [-0.3, -0.25) is 9.59 Å². The number of likely N-dealkylation sites (N-methyl/N-ethyl adjacent to an activating group) is 1. The molecule has 2 N–H and O–H groups in total. The molecule has 0 bridgehead atoms. The molecule has 0 spiro atoms.